The maximum absolute atomic E-state index is 12.0. The highest BCUT2D eigenvalue weighted by Crippen LogP contribution is 2.27. The predicted molar refractivity (Wildman–Crippen MR) is 110 cm³/mol. The average Bonchev–Trinajstić information content (AvgIpc) is 3.18. The minimum absolute atomic E-state index is 0.168. The minimum atomic E-state index is 0.168. The largest absolute Gasteiger partial charge is 0.496 e. The van der Waals surface area contributed by atoms with E-state index in [0.29, 0.717) is 32.0 Å². The van der Waals surface area contributed by atoms with Gasteiger partial charge in [0.2, 0.25) is 5.91 Å². The number of nitrogens with one attached hydrogen (secondary N) is 3. The van der Waals surface area contributed by atoms with E-state index in [-0.39, 0.29) is 5.91 Å². The molecule has 0 saturated heterocycles. The summed E-state index contributed by atoms with van der Waals surface area (Å²) in [5, 5.41) is 9.52. The number of para-hydroxylation sites is 1. The zero-order chi connectivity index (χ0) is 19.3. The lowest BCUT2D eigenvalue weighted by Crippen LogP contribution is -2.41. The molecule has 3 N–H and O–H groups in total. The van der Waals surface area contributed by atoms with E-state index in [2.05, 4.69) is 27.0 Å². The summed E-state index contributed by atoms with van der Waals surface area (Å²) in [6.45, 7) is 4.79. The van der Waals surface area contributed by atoms with Crippen LogP contribution in [-0.2, 0) is 11.2 Å². The van der Waals surface area contributed by atoms with Crippen molar-refractivity contribution in [1.82, 2.24) is 16.0 Å². The van der Waals surface area contributed by atoms with Gasteiger partial charge < -0.3 is 20.7 Å². The summed E-state index contributed by atoms with van der Waals surface area (Å²) in [6.07, 6.45) is 6.45. The molecule has 0 atom stereocenters. The molecule has 6 heteroatoms. The van der Waals surface area contributed by atoms with Gasteiger partial charge in [-0.2, -0.15) is 0 Å². The molecule has 1 aliphatic rings. The molecule has 27 heavy (non-hydrogen) atoms. The number of nitrogens with zero attached hydrogens (tertiary/aromatic N) is 1. The third kappa shape index (κ3) is 7.89. The maximum atomic E-state index is 12.0. The van der Waals surface area contributed by atoms with E-state index in [1.54, 1.807) is 7.11 Å². The van der Waals surface area contributed by atoms with Crippen molar-refractivity contribution in [2.24, 2.45) is 10.9 Å². The highest BCUT2D eigenvalue weighted by atomic mass is 16.5. The van der Waals surface area contributed by atoms with E-state index in [0.717, 1.165) is 30.2 Å². The Hall–Kier alpha value is -2.24. The maximum Gasteiger partial charge on any atom is 0.220 e. The van der Waals surface area contributed by atoms with Crippen molar-refractivity contribution < 1.29 is 9.53 Å². The van der Waals surface area contributed by atoms with Crippen molar-refractivity contribution in [3.05, 3.63) is 29.8 Å². The molecule has 150 valence electrons. The molecule has 1 saturated carbocycles. The summed E-state index contributed by atoms with van der Waals surface area (Å²) in [6, 6.07) is 8.02. The monoisotopic (exact) mass is 374 g/mol. The average molecular weight is 375 g/mol. The number of carbonyl (C=O) groups excluding carboxylic acids is 1. The number of hydrogen-bond acceptors (Lipinski definition) is 3. The fourth-order valence-electron chi connectivity index (χ4n) is 3.47. The summed E-state index contributed by atoms with van der Waals surface area (Å²) in [4.78, 5) is 16.6. The lowest BCUT2D eigenvalue weighted by molar-refractivity contribution is -0.121. The third-order valence-electron chi connectivity index (χ3n) is 4.88. The Bertz CT molecular complexity index is 598. The van der Waals surface area contributed by atoms with Gasteiger partial charge in [0, 0.05) is 32.6 Å². The molecular formula is C21H34N4O2. The van der Waals surface area contributed by atoms with Crippen molar-refractivity contribution in [2.75, 3.05) is 33.3 Å². The smallest absolute Gasteiger partial charge is 0.220 e. The standard InChI is InChI=1S/C21H34N4O2/c1-3-22-21(24-13-12-18-10-6-7-11-19(18)27-2)25-15-14-23-20(26)16-17-8-4-5-9-17/h6-7,10-11,17H,3-5,8-9,12-16H2,1-2H3,(H,23,26)(H2,22,24,25). The van der Waals surface area contributed by atoms with Gasteiger partial charge in [0.25, 0.3) is 0 Å². The third-order valence-corrected chi connectivity index (χ3v) is 4.88. The fourth-order valence-corrected chi connectivity index (χ4v) is 3.47. The van der Waals surface area contributed by atoms with E-state index in [4.69, 9.17) is 4.74 Å². The molecular weight excluding hydrogens is 340 g/mol. The predicted octanol–water partition coefficient (Wildman–Crippen LogP) is 2.49. The Kier molecular flexibility index (Phi) is 9.52. The van der Waals surface area contributed by atoms with Crippen LogP contribution in [0.4, 0.5) is 0 Å². The molecule has 0 unspecified atom stereocenters. The van der Waals surface area contributed by atoms with Gasteiger partial charge in [-0.15, -0.1) is 0 Å². The molecule has 6 nitrogen and oxygen atoms in total. The van der Waals surface area contributed by atoms with Gasteiger partial charge in [-0.05, 0) is 43.7 Å². The first-order valence-electron chi connectivity index (χ1n) is 10.1. The summed E-state index contributed by atoms with van der Waals surface area (Å²) < 4.78 is 5.38. The number of hydrogen-bond donors (Lipinski definition) is 3. The van der Waals surface area contributed by atoms with Crippen LogP contribution in [0.15, 0.2) is 29.3 Å². The second-order valence-corrected chi connectivity index (χ2v) is 6.95. The molecule has 0 aliphatic heterocycles. The Morgan fingerprint density at radius 2 is 1.89 bits per heavy atom. The molecule has 1 aromatic rings. The van der Waals surface area contributed by atoms with Gasteiger partial charge in [-0.25, -0.2) is 0 Å². The van der Waals surface area contributed by atoms with Gasteiger partial charge in [-0.1, -0.05) is 31.0 Å². The van der Waals surface area contributed by atoms with Gasteiger partial charge >= 0.3 is 0 Å². The highest BCUT2D eigenvalue weighted by molar-refractivity contribution is 5.80. The number of guanidine groups is 1. The van der Waals surface area contributed by atoms with Crippen molar-refractivity contribution >= 4 is 11.9 Å². The van der Waals surface area contributed by atoms with Gasteiger partial charge in [-0.3, -0.25) is 9.79 Å². The lowest BCUT2D eigenvalue weighted by Gasteiger charge is -2.13. The molecule has 0 heterocycles. The number of aliphatic imine (C=N–C) groups is 1. The van der Waals surface area contributed by atoms with Crippen LogP contribution in [0, 0.1) is 5.92 Å². The van der Waals surface area contributed by atoms with E-state index >= 15 is 0 Å². The zero-order valence-corrected chi connectivity index (χ0v) is 16.7. The topological polar surface area (TPSA) is 74.8 Å². The van der Waals surface area contributed by atoms with Crippen molar-refractivity contribution in [2.45, 2.75) is 45.4 Å². The first-order valence-corrected chi connectivity index (χ1v) is 10.1. The van der Waals surface area contributed by atoms with Crippen LogP contribution < -0.4 is 20.7 Å². The van der Waals surface area contributed by atoms with Crippen molar-refractivity contribution in [3.8, 4) is 5.75 Å². The number of amides is 1. The second kappa shape index (κ2) is 12.2. The molecule has 0 aromatic heterocycles. The zero-order valence-electron chi connectivity index (χ0n) is 16.7. The molecule has 1 amide bonds. The normalized spacial score (nSPS) is 14.8. The van der Waals surface area contributed by atoms with Crippen molar-refractivity contribution in [3.63, 3.8) is 0 Å². The molecule has 0 radical (unpaired) electrons. The number of benzene rings is 1. The van der Waals surface area contributed by atoms with Crippen LogP contribution in [0.1, 0.15) is 44.6 Å². The minimum Gasteiger partial charge on any atom is -0.496 e. The Morgan fingerprint density at radius 3 is 2.63 bits per heavy atom. The molecule has 1 fully saturated rings. The Morgan fingerprint density at radius 1 is 1.15 bits per heavy atom. The van der Waals surface area contributed by atoms with Crippen LogP contribution in [0.3, 0.4) is 0 Å². The first kappa shape index (κ1) is 21.1. The SMILES string of the molecule is CCNC(=NCCc1ccccc1OC)NCCNC(=O)CC1CCCC1. The van der Waals surface area contributed by atoms with Crippen LogP contribution in [0.5, 0.6) is 5.75 Å². The van der Waals surface area contributed by atoms with Gasteiger partial charge in [0.1, 0.15) is 5.75 Å². The summed E-state index contributed by atoms with van der Waals surface area (Å²) >= 11 is 0. The lowest BCUT2D eigenvalue weighted by atomic mass is 10.0. The fraction of sp³-hybridized carbons (Fsp3) is 0.619. The second-order valence-electron chi connectivity index (χ2n) is 6.95. The van der Waals surface area contributed by atoms with E-state index in [9.17, 15) is 4.79 Å². The highest BCUT2D eigenvalue weighted by Gasteiger charge is 2.17. The Balaban J connectivity index is 1.69. The summed E-state index contributed by atoms with van der Waals surface area (Å²) in [5.41, 5.74) is 1.15. The van der Waals surface area contributed by atoms with Crippen LogP contribution >= 0.6 is 0 Å². The number of ether oxygens (including phenoxy) is 1. The van der Waals surface area contributed by atoms with Crippen LogP contribution in [0.25, 0.3) is 0 Å². The quantitative estimate of drug-likeness (QED) is 0.334. The molecule has 1 aromatic carbocycles. The first-order chi connectivity index (χ1) is 13.2. The van der Waals surface area contributed by atoms with Crippen LogP contribution in [0.2, 0.25) is 0 Å². The van der Waals surface area contributed by atoms with Crippen molar-refractivity contribution in [1.29, 1.82) is 0 Å². The van der Waals surface area contributed by atoms with E-state index < -0.39 is 0 Å². The molecule has 0 spiro atoms. The van der Waals surface area contributed by atoms with Gasteiger partial charge in [0.05, 0.1) is 7.11 Å². The van der Waals surface area contributed by atoms with Gasteiger partial charge in [0.15, 0.2) is 5.96 Å². The molecule has 1 aliphatic carbocycles. The molecule has 0 bridgehead atoms. The Labute approximate surface area is 163 Å². The van der Waals surface area contributed by atoms with E-state index in [1.165, 1.54) is 25.7 Å². The van der Waals surface area contributed by atoms with E-state index in [1.807, 2.05) is 25.1 Å². The summed E-state index contributed by atoms with van der Waals surface area (Å²) in [7, 11) is 1.69. The van der Waals surface area contributed by atoms with Crippen LogP contribution in [-0.4, -0.2) is 45.2 Å². The summed E-state index contributed by atoms with van der Waals surface area (Å²) in [5.74, 6) is 2.43. The molecule has 2 rings (SSSR count). The number of rotatable bonds is 10. The number of methoxy groups -OCH3 is 1. The number of carbonyl (C=O) groups is 1.